The molecule has 2 aromatic carbocycles. The third-order valence-corrected chi connectivity index (χ3v) is 4.09. The first-order valence-electron chi connectivity index (χ1n) is 7.79. The lowest BCUT2D eigenvalue weighted by atomic mass is 10.2. The second-order valence-corrected chi connectivity index (χ2v) is 6.21. The fraction of sp³-hybridized carbons (Fsp3) is 0.158. The predicted molar refractivity (Wildman–Crippen MR) is 103 cm³/mol. The maximum Gasteiger partial charge on any atom is 0.331 e. The lowest BCUT2D eigenvalue weighted by molar-refractivity contribution is -0.148. The SMILES string of the molecule is COc1ccc(/C=C/C(=O)O[C@@H](C)C(=O)Nc2c(Cl)cccc2Cl)cc1F. The number of benzene rings is 2. The Bertz CT molecular complexity index is 866. The number of rotatable bonds is 6. The van der Waals surface area contributed by atoms with Crippen LogP contribution >= 0.6 is 23.2 Å². The summed E-state index contributed by atoms with van der Waals surface area (Å²) in [6.07, 6.45) is 1.36. The molecule has 0 saturated heterocycles. The Kier molecular flexibility index (Phi) is 7.21. The van der Waals surface area contributed by atoms with E-state index in [1.165, 1.54) is 32.2 Å². The highest BCUT2D eigenvalue weighted by Crippen LogP contribution is 2.29. The number of ether oxygens (including phenoxy) is 2. The molecule has 1 N–H and O–H groups in total. The van der Waals surface area contributed by atoms with Gasteiger partial charge >= 0.3 is 5.97 Å². The van der Waals surface area contributed by atoms with E-state index >= 15 is 0 Å². The van der Waals surface area contributed by atoms with Gasteiger partial charge in [-0.25, -0.2) is 9.18 Å². The first-order chi connectivity index (χ1) is 12.8. The van der Waals surface area contributed by atoms with Gasteiger partial charge < -0.3 is 14.8 Å². The summed E-state index contributed by atoms with van der Waals surface area (Å²) >= 11 is 12.0. The molecule has 8 heteroatoms. The van der Waals surface area contributed by atoms with Gasteiger partial charge in [-0.15, -0.1) is 0 Å². The summed E-state index contributed by atoms with van der Waals surface area (Å²) in [5.41, 5.74) is 0.670. The zero-order valence-corrected chi connectivity index (χ0v) is 16.0. The average Bonchev–Trinajstić information content (AvgIpc) is 2.63. The Hall–Kier alpha value is -2.57. The van der Waals surface area contributed by atoms with Crippen LogP contribution in [0.25, 0.3) is 6.08 Å². The third-order valence-electron chi connectivity index (χ3n) is 3.46. The van der Waals surface area contributed by atoms with Crippen LogP contribution in [0.2, 0.25) is 10.0 Å². The van der Waals surface area contributed by atoms with Crippen molar-refractivity contribution >= 4 is 46.8 Å². The number of anilines is 1. The number of hydrogen-bond acceptors (Lipinski definition) is 4. The Morgan fingerprint density at radius 3 is 2.44 bits per heavy atom. The molecule has 0 saturated carbocycles. The number of nitrogens with one attached hydrogen (secondary N) is 1. The molecular weight excluding hydrogens is 396 g/mol. The largest absolute Gasteiger partial charge is 0.494 e. The molecule has 142 valence electrons. The summed E-state index contributed by atoms with van der Waals surface area (Å²) in [6, 6.07) is 8.98. The number of halogens is 3. The van der Waals surface area contributed by atoms with Gasteiger partial charge in [0.2, 0.25) is 0 Å². The first kappa shape index (κ1) is 20.7. The van der Waals surface area contributed by atoms with Crippen molar-refractivity contribution in [2.45, 2.75) is 13.0 Å². The number of carbonyl (C=O) groups is 2. The molecule has 2 rings (SSSR count). The summed E-state index contributed by atoms with van der Waals surface area (Å²) in [7, 11) is 1.35. The topological polar surface area (TPSA) is 64.6 Å². The van der Waals surface area contributed by atoms with E-state index in [2.05, 4.69) is 5.32 Å². The molecule has 1 atom stereocenters. The van der Waals surface area contributed by atoms with E-state index < -0.39 is 23.8 Å². The quantitative estimate of drug-likeness (QED) is 0.551. The van der Waals surface area contributed by atoms with Crippen molar-refractivity contribution in [3.05, 3.63) is 63.9 Å². The van der Waals surface area contributed by atoms with E-state index in [1.807, 2.05) is 0 Å². The van der Waals surface area contributed by atoms with Gasteiger partial charge in [-0.1, -0.05) is 35.3 Å². The summed E-state index contributed by atoms with van der Waals surface area (Å²) < 4.78 is 23.4. The number of hydrogen-bond donors (Lipinski definition) is 1. The number of esters is 1. The normalized spacial score (nSPS) is 11.9. The maximum absolute atomic E-state index is 13.6. The van der Waals surface area contributed by atoms with E-state index in [1.54, 1.807) is 24.3 Å². The first-order valence-corrected chi connectivity index (χ1v) is 8.54. The van der Waals surface area contributed by atoms with Crippen molar-refractivity contribution in [2.75, 3.05) is 12.4 Å². The van der Waals surface area contributed by atoms with Crippen LogP contribution in [0.15, 0.2) is 42.5 Å². The van der Waals surface area contributed by atoms with Gasteiger partial charge in [0.15, 0.2) is 17.7 Å². The number of amides is 1. The highest BCUT2D eigenvalue weighted by atomic mass is 35.5. The van der Waals surface area contributed by atoms with E-state index in [0.29, 0.717) is 5.56 Å². The fourth-order valence-corrected chi connectivity index (χ4v) is 2.55. The van der Waals surface area contributed by atoms with Gasteiger partial charge in [-0.05, 0) is 42.8 Å². The van der Waals surface area contributed by atoms with E-state index in [4.69, 9.17) is 32.7 Å². The number of para-hydroxylation sites is 1. The average molecular weight is 412 g/mol. The van der Waals surface area contributed by atoms with Crippen molar-refractivity contribution in [3.63, 3.8) is 0 Å². The highest BCUT2D eigenvalue weighted by Gasteiger charge is 2.19. The highest BCUT2D eigenvalue weighted by molar-refractivity contribution is 6.39. The van der Waals surface area contributed by atoms with Crippen molar-refractivity contribution in [3.8, 4) is 5.75 Å². The van der Waals surface area contributed by atoms with E-state index in [0.717, 1.165) is 6.08 Å². The van der Waals surface area contributed by atoms with Crippen LogP contribution in [0.1, 0.15) is 12.5 Å². The smallest absolute Gasteiger partial charge is 0.331 e. The summed E-state index contributed by atoms with van der Waals surface area (Å²) in [4.78, 5) is 24.0. The molecule has 0 aliphatic rings. The predicted octanol–water partition coefficient (Wildman–Crippen LogP) is 4.72. The maximum atomic E-state index is 13.6. The van der Waals surface area contributed by atoms with Crippen LogP contribution in [0.3, 0.4) is 0 Å². The molecular formula is C19H16Cl2FNO4. The molecule has 0 aromatic heterocycles. The van der Waals surface area contributed by atoms with Gasteiger partial charge in [0.1, 0.15) is 0 Å². The molecule has 0 spiro atoms. The van der Waals surface area contributed by atoms with Gasteiger partial charge in [0, 0.05) is 6.08 Å². The van der Waals surface area contributed by atoms with Crippen molar-refractivity contribution in [1.82, 2.24) is 0 Å². The molecule has 0 aliphatic heterocycles. The number of methoxy groups -OCH3 is 1. The van der Waals surface area contributed by atoms with Crippen LogP contribution in [0, 0.1) is 5.82 Å². The number of carbonyl (C=O) groups excluding carboxylic acids is 2. The molecule has 0 fully saturated rings. The van der Waals surface area contributed by atoms with Crippen molar-refractivity contribution < 1.29 is 23.5 Å². The molecule has 0 unspecified atom stereocenters. The third kappa shape index (κ3) is 5.70. The van der Waals surface area contributed by atoms with Crippen LogP contribution in [-0.4, -0.2) is 25.1 Å². The Morgan fingerprint density at radius 2 is 1.85 bits per heavy atom. The summed E-state index contributed by atoms with van der Waals surface area (Å²) in [5.74, 6) is -1.82. The molecule has 0 bridgehead atoms. The van der Waals surface area contributed by atoms with Crippen molar-refractivity contribution in [2.24, 2.45) is 0 Å². The lowest BCUT2D eigenvalue weighted by Gasteiger charge is -2.14. The zero-order valence-electron chi connectivity index (χ0n) is 14.5. The minimum atomic E-state index is -1.10. The lowest BCUT2D eigenvalue weighted by Crippen LogP contribution is -2.29. The van der Waals surface area contributed by atoms with Gasteiger partial charge in [-0.3, -0.25) is 4.79 Å². The van der Waals surface area contributed by atoms with Crippen LogP contribution < -0.4 is 10.1 Å². The molecule has 2 aromatic rings. The zero-order chi connectivity index (χ0) is 20.0. The molecule has 27 heavy (non-hydrogen) atoms. The van der Waals surface area contributed by atoms with Gasteiger partial charge in [-0.2, -0.15) is 0 Å². The molecule has 0 aliphatic carbocycles. The summed E-state index contributed by atoms with van der Waals surface area (Å²) in [5, 5.41) is 3.03. The second kappa shape index (κ2) is 9.39. The summed E-state index contributed by atoms with van der Waals surface area (Å²) in [6.45, 7) is 1.40. The second-order valence-electron chi connectivity index (χ2n) is 5.39. The van der Waals surface area contributed by atoms with Crippen LogP contribution in [0.5, 0.6) is 5.75 Å². The molecule has 5 nitrogen and oxygen atoms in total. The van der Waals surface area contributed by atoms with Crippen LogP contribution in [0.4, 0.5) is 10.1 Å². The van der Waals surface area contributed by atoms with Gasteiger partial charge in [0.05, 0.1) is 22.8 Å². The monoisotopic (exact) mass is 411 g/mol. The molecule has 1 amide bonds. The minimum Gasteiger partial charge on any atom is -0.494 e. The van der Waals surface area contributed by atoms with Gasteiger partial charge in [0.25, 0.3) is 5.91 Å². The van der Waals surface area contributed by atoms with Crippen molar-refractivity contribution in [1.29, 1.82) is 0 Å². The minimum absolute atomic E-state index is 0.0956. The Morgan fingerprint density at radius 1 is 1.19 bits per heavy atom. The van der Waals surface area contributed by atoms with Crippen LogP contribution in [-0.2, 0) is 14.3 Å². The molecule has 0 radical (unpaired) electrons. The van der Waals surface area contributed by atoms with E-state index in [9.17, 15) is 14.0 Å². The Balaban J connectivity index is 1.96. The fourth-order valence-electron chi connectivity index (χ4n) is 2.06. The van der Waals surface area contributed by atoms with E-state index in [-0.39, 0.29) is 21.5 Å². The standard InChI is InChI=1S/C19H16Cl2FNO4/c1-11(19(25)23-18-13(20)4-3-5-14(18)21)27-17(24)9-7-12-6-8-16(26-2)15(22)10-12/h3-11H,1-2H3,(H,23,25)/b9-7+/t11-/m0/s1. The Labute approximate surface area is 165 Å². The molecule has 0 heterocycles.